The van der Waals surface area contributed by atoms with Crippen LogP contribution in [0.2, 0.25) is 0 Å². The summed E-state index contributed by atoms with van der Waals surface area (Å²) >= 11 is 0. The molecular formula is C23H46N2O2. The Morgan fingerprint density at radius 3 is 1.89 bits per heavy atom. The highest BCUT2D eigenvalue weighted by Gasteiger charge is 2.50. The van der Waals surface area contributed by atoms with Crippen LogP contribution in [-0.4, -0.2) is 73.5 Å². The van der Waals surface area contributed by atoms with Gasteiger partial charge in [-0.1, -0.05) is 27.7 Å². The van der Waals surface area contributed by atoms with E-state index in [1.54, 1.807) is 0 Å². The van der Waals surface area contributed by atoms with Crippen LogP contribution in [0.1, 0.15) is 74.7 Å². The lowest BCUT2D eigenvalue weighted by Crippen LogP contribution is -2.56. The predicted octanol–water partition coefficient (Wildman–Crippen LogP) is 4.43. The molecule has 4 nitrogen and oxygen atoms in total. The molecule has 0 radical (unpaired) electrons. The molecule has 2 rings (SSSR count). The summed E-state index contributed by atoms with van der Waals surface area (Å²) < 4.78 is 12.5. The second kappa shape index (κ2) is 7.93. The Hall–Kier alpha value is -0.160. The van der Waals surface area contributed by atoms with Crippen molar-refractivity contribution in [3.8, 4) is 0 Å². The second-order valence-corrected chi connectivity index (χ2v) is 11.4. The summed E-state index contributed by atoms with van der Waals surface area (Å²) in [7, 11) is 4.04. The Bertz CT molecular complexity index is 491. The smallest absolute Gasteiger partial charge is 0.0698 e. The molecule has 160 valence electrons. The molecule has 0 N–H and O–H groups in total. The minimum atomic E-state index is -0.199. The van der Waals surface area contributed by atoms with Crippen LogP contribution in [0.5, 0.6) is 0 Å². The molecule has 0 amide bonds. The molecule has 0 saturated carbocycles. The van der Waals surface area contributed by atoms with Gasteiger partial charge in [0.2, 0.25) is 0 Å². The number of nitrogens with zero attached hydrogens (tertiary/aromatic N) is 2. The van der Waals surface area contributed by atoms with Gasteiger partial charge >= 0.3 is 0 Å². The number of methoxy groups -OCH3 is 1. The highest BCUT2D eigenvalue weighted by atomic mass is 16.5. The summed E-state index contributed by atoms with van der Waals surface area (Å²) in [5, 5.41) is 0. The molecule has 0 aliphatic carbocycles. The van der Waals surface area contributed by atoms with E-state index in [9.17, 15) is 0 Å². The van der Waals surface area contributed by atoms with Crippen LogP contribution in [0.4, 0.5) is 0 Å². The van der Waals surface area contributed by atoms with Gasteiger partial charge in [-0.05, 0) is 59.4 Å². The molecule has 27 heavy (non-hydrogen) atoms. The zero-order valence-corrected chi connectivity index (χ0v) is 19.8. The molecule has 2 fully saturated rings. The number of hydrogen-bond donors (Lipinski definition) is 0. The van der Waals surface area contributed by atoms with Gasteiger partial charge in [0.15, 0.2) is 0 Å². The average molecular weight is 383 g/mol. The second-order valence-electron chi connectivity index (χ2n) is 11.4. The van der Waals surface area contributed by atoms with Crippen LogP contribution < -0.4 is 0 Å². The predicted molar refractivity (Wildman–Crippen MR) is 114 cm³/mol. The van der Waals surface area contributed by atoms with Crippen molar-refractivity contribution in [3.05, 3.63) is 0 Å². The summed E-state index contributed by atoms with van der Waals surface area (Å²) in [6.45, 7) is 23.3. The fourth-order valence-electron chi connectivity index (χ4n) is 5.15. The fraction of sp³-hybridized carbons (Fsp3) is 1.00. The Labute approximate surface area is 169 Å². The van der Waals surface area contributed by atoms with E-state index in [0.29, 0.717) is 6.10 Å². The van der Waals surface area contributed by atoms with Gasteiger partial charge in [-0.3, -0.25) is 4.90 Å². The lowest BCUT2D eigenvalue weighted by Gasteiger charge is -2.48. The van der Waals surface area contributed by atoms with Crippen LogP contribution in [0.3, 0.4) is 0 Å². The van der Waals surface area contributed by atoms with E-state index in [-0.39, 0.29) is 28.1 Å². The number of hydrogen-bond acceptors (Lipinski definition) is 4. The lowest BCUT2D eigenvalue weighted by molar-refractivity contribution is -0.154. The summed E-state index contributed by atoms with van der Waals surface area (Å²) in [6.07, 6.45) is 4.02. The Balaban J connectivity index is 2.03. The third-order valence-corrected chi connectivity index (χ3v) is 8.01. The molecule has 2 atom stereocenters. The Kier molecular flexibility index (Phi) is 6.79. The van der Waals surface area contributed by atoms with Gasteiger partial charge in [0.25, 0.3) is 0 Å². The SMILES string of the molecule is COC(C)(C)C(C)(C)C1CCC(C(C)(C)CC(C)(C)N2CCN(C)CC2)O1. The highest BCUT2D eigenvalue weighted by molar-refractivity contribution is 5.00. The van der Waals surface area contributed by atoms with E-state index in [1.165, 1.54) is 26.2 Å². The molecule has 2 aliphatic heterocycles. The first-order valence-electron chi connectivity index (χ1n) is 10.9. The average Bonchev–Trinajstić information content (AvgIpc) is 3.05. The van der Waals surface area contributed by atoms with Gasteiger partial charge in [0.1, 0.15) is 0 Å². The summed E-state index contributed by atoms with van der Waals surface area (Å²) in [5.41, 5.74) is 0.151. The summed E-state index contributed by atoms with van der Waals surface area (Å²) in [5.74, 6) is 0. The van der Waals surface area contributed by atoms with Crippen molar-refractivity contribution in [3.63, 3.8) is 0 Å². The molecule has 2 unspecified atom stereocenters. The summed E-state index contributed by atoms with van der Waals surface area (Å²) in [6, 6.07) is 0. The first-order valence-corrected chi connectivity index (χ1v) is 10.9. The van der Waals surface area contributed by atoms with Crippen LogP contribution in [0, 0.1) is 10.8 Å². The quantitative estimate of drug-likeness (QED) is 0.650. The Morgan fingerprint density at radius 1 is 0.852 bits per heavy atom. The van der Waals surface area contributed by atoms with E-state index in [2.05, 4.69) is 72.2 Å². The topological polar surface area (TPSA) is 24.9 Å². The molecule has 0 aromatic heterocycles. The van der Waals surface area contributed by atoms with E-state index in [1.807, 2.05) is 7.11 Å². The van der Waals surface area contributed by atoms with Gasteiger partial charge < -0.3 is 14.4 Å². The zero-order valence-electron chi connectivity index (χ0n) is 19.8. The number of likely N-dealkylation sites (N-methyl/N-ethyl adjacent to an activating group) is 1. The van der Waals surface area contributed by atoms with Crippen molar-refractivity contribution < 1.29 is 9.47 Å². The van der Waals surface area contributed by atoms with E-state index < -0.39 is 0 Å². The maximum atomic E-state index is 6.72. The van der Waals surface area contributed by atoms with Crippen LogP contribution in [0.25, 0.3) is 0 Å². The minimum absolute atomic E-state index is 0.0143. The maximum Gasteiger partial charge on any atom is 0.0698 e. The third-order valence-electron chi connectivity index (χ3n) is 8.01. The van der Waals surface area contributed by atoms with Crippen molar-refractivity contribution in [2.24, 2.45) is 10.8 Å². The molecule has 4 heteroatoms. The first-order chi connectivity index (χ1) is 12.2. The third kappa shape index (κ3) is 4.88. The fourth-order valence-corrected chi connectivity index (χ4v) is 5.15. The molecule has 0 spiro atoms. The van der Waals surface area contributed by atoms with Crippen LogP contribution >= 0.6 is 0 Å². The molecule has 2 heterocycles. The molecule has 0 aromatic carbocycles. The number of piperazine rings is 1. The molecule has 0 bridgehead atoms. The van der Waals surface area contributed by atoms with Gasteiger partial charge in [-0.25, -0.2) is 0 Å². The monoisotopic (exact) mass is 382 g/mol. The molecule has 2 aliphatic rings. The normalized spacial score (nSPS) is 27.3. The molecule has 2 saturated heterocycles. The van der Waals surface area contributed by atoms with E-state index in [4.69, 9.17) is 9.47 Å². The van der Waals surface area contributed by atoms with Crippen LogP contribution in [0.15, 0.2) is 0 Å². The van der Waals surface area contributed by atoms with E-state index in [0.717, 1.165) is 19.3 Å². The molecule has 0 aromatic rings. The zero-order chi connectivity index (χ0) is 20.7. The highest BCUT2D eigenvalue weighted by Crippen LogP contribution is 2.48. The van der Waals surface area contributed by atoms with E-state index >= 15 is 0 Å². The van der Waals surface area contributed by atoms with Crippen LogP contribution in [-0.2, 0) is 9.47 Å². The van der Waals surface area contributed by atoms with Crippen molar-refractivity contribution in [2.45, 2.75) is 98.0 Å². The molecular weight excluding hydrogens is 336 g/mol. The van der Waals surface area contributed by atoms with Gasteiger partial charge in [-0.2, -0.15) is 0 Å². The van der Waals surface area contributed by atoms with Crippen molar-refractivity contribution in [1.29, 1.82) is 0 Å². The van der Waals surface area contributed by atoms with Crippen molar-refractivity contribution in [2.75, 3.05) is 40.3 Å². The standard InChI is InChI=1S/C23H46N2O2/c1-20(2,17-21(3,4)25-15-13-24(9)14-16-25)18-11-12-19(27-18)22(5,6)23(7,8)26-10/h18-19H,11-17H2,1-10H3. The van der Waals surface area contributed by atoms with Gasteiger partial charge in [0, 0.05) is 44.2 Å². The largest absolute Gasteiger partial charge is 0.378 e. The minimum Gasteiger partial charge on any atom is -0.378 e. The maximum absolute atomic E-state index is 6.72. The van der Waals surface area contributed by atoms with Gasteiger partial charge in [-0.15, -0.1) is 0 Å². The van der Waals surface area contributed by atoms with Crippen molar-refractivity contribution in [1.82, 2.24) is 9.80 Å². The Morgan fingerprint density at radius 2 is 1.37 bits per heavy atom. The lowest BCUT2D eigenvalue weighted by atomic mass is 9.71. The first kappa shape index (κ1) is 23.1. The number of ether oxygens (including phenoxy) is 2. The van der Waals surface area contributed by atoms with Crippen molar-refractivity contribution >= 4 is 0 Å². The van der Waals surface area contributed by atoms with Gasteiger partial charge in [0.05, 0.1) is 17.8 Å². The number of rotatable bonds is 7. The summed E-state index contributed by atoms with van der Waals surface area (Å²) in [4.78, 5) is 5.11.